The van der Waals surface area contributed by atoms with Crippen LogP contribution < -0.4 is 5.73 Å². The molecule has 0 saturated carbocycles. The van der Waals surface area contributed by atoms with Crippen molar-refractivity contribution in [3.05, 3.63) is 35.9 Å². The van der Waals surface area contributed by atoms with E-state index in [4.69, 9.17) is 10.5 Å². The van der Waals surface area contributed by atoms with Crippen LogP contribution in [0, 0.1) is 0 Å². The third kappa shape index (κ3) is 5.22. The molecule has 1 aliphatic rings. The van der Waals surface area contributed by atoms with Gasteiger partial charge in [0, 0.05) is 38.3 Å². The van der Waals surface area contributed by atoms with E-state index in [9.17, 15) is 4.79 Å². The van der Waals surface area contributed by atoms with Crippen LogP contribution in [0.5, 0.6) is 0 Å². The minimum atomic E-state index is -0.213. The Kier molecular flexibility index (Phi) is 6.86. The third-order valence-corrected chi connectivity index (χ3v) is 4.38. The Hall–Kier alpha value is -1.59. The highest BCUT2D eigenvalue weighted by Crippen LogP contribution is 2.19. The van der Waals surface area contributed by atoms with Crippen LogP contribution in [0.15, 0.2) is 30.3 Å². The van der Waals surface area contributed by atoms with Gasteiger partial charge in [0.15, 0.2) is 0 Å². The van der Waals surface area contributed by atoms with Gasteiger partial charge in [0.05, 0.1) is 0 Å². The first-order valence-electron chi connectivity index (χ1n) is 8.53. The van der Waals surface area contributed by atoms with Crippen molar-refractivity contribution in [3.63, 3.8) is 0 Å². The number of amides is 1. The maximum Gasteiger partial charge on any atom is 0.410 e. The standard InChI is InChI=1S/C18H29N3O2/c1-15(2)21(12-10-19)17-9-6-11-20(13-17)18(22)23-14-16-7-4-3-5-8-16/h3-5,7-8,15,17H,6,9-14,19H2,1-2H3/t17-/m1/s1. The first kappa shape index (κ1) is 17.8. The molecule has 0 aromatic heterocycles. The largest absolute Gasteiger partial charge is 0.445 e. The van der Waals surface area contributed by atoms with Crippen molar-refractivity contribution in [2.45, 2.75) is 45.4 Å². The summed E-state index contributed by atoms with van der Waals surface area (Å²) in [5, 5.41) is 0. The number of carbonyl (C=O) groups excluding carboxylic acids is 1. The topological polar surface area (TPSA) is 58.8 Å². The number of nitrogens with zero attached hydrogens (tertiary/aromatic N) is 2. The lowest BCUT2D eigenvalue weighted by Crippen LogP contribution is -2.53. The van der Waals surface area contributed by atoms with Crippen molar-refractivity contribution < 1.29 is 9.53 Å². The highest BCUT2D eigenvalue weighted by Gasteiger charge is 2.29. The summed E-state index contributed by atoms with van der Waals surface area (Å²) < 4.78 is 5.46. The summed E-state index contributed by atoms with van der Waals surface area (Å²) in [4.78, 5) is 16.6. The van der Waals surface area contributed by atoms with Gasteiger partial charge in [-0.2, -0.15) is 0 Å². The van der Waals surface area contributed by atoms with E-state index in [2.05, 4.69) is 18.7 Å². The van der Waals surface area contributed by atoms with E-state index in [1.165, 1.54) is 0 Å². The second kappa shape index (κ2) is 8.89. The van der Waals surface area contributed by atoms with Crippen LogP contribution in [0.25, 0.3) is 0 Å². The summed E-state index contributed by atoms with van der Waals surface area (Å²) in [6.07, 6.45) is 1.91. The molecule has 0 unspecified atom stereocenters. The molecular formula is C18H29N3O2. The van der Waals surface area contributed by atoms with Crippen molar-refractivity contribution >= 4 is 6.09 Å². The van der Waals surface area contributed by atoms with Crippen LogP contribution in [0.1, 0.15) is 32.3 Å². The SMILES string of the molecule is CC(C)N(CCN)[C@@H]1CCCN(C(=O)OCc2ccccc2)C1. The van der Waals surface area contributed by atoms with E-state index in [1.54, 1.807) is 0 Å². The van der Waals surface area contributed by atoms with Crippen molar-refractivity contribution in [3.8, 4) is 0 Å². The summed E-state index contributed by atoms with van der Waals surface area (Å²) in [7, 11) is 0. The molecule has 1 saturated heterocycles. The molecule has 0 radical (unpaired) electrons. The molecule has 1 heterocycles. The van der Waals surface area contributed by atoms with Gasteiger partial charge < -0.3 is 15.4 Å². The molecule has 5 heteroatoms. The van der Waals surface area contributed by atoms with E-state index >= 15 is 0 Å². The number of piperidine rings is 1. The molecule has 1 aliphatic heterocycles. The van der Waals surface area contributed by atoms with Crippen LogP contribution in [0.2, 0.25) is 0 Å². The van der Waals surface area contributed by atoms with Gasteiger partial charge in [0.25, 0.3) is 0 Å². The Balaban J connectivity index is 1.88. The smallest absolute Gasteiger partial charge is 0.410 e. The van der Waals surface area contributed by atoms with E-state index in [0.717, 1.165) is 38.0 Å². The highest BCUT2D eigenvalue weighted by atomic mass is 16.6. The molecule has 0 bridgehead atoms. The van der Waals surface area contributed by atoms with Crippen molar-refractivity contribution in [1.82, 2.24) is 9.80 Å². The van der Waals surface area contributed by atoms with Crippen LogP contribution >= 0.6 is 0 Å². The van der Waals surface area contributed by atoms with Gasteiger partial charge >= 0.3 is 6.09 Å². The highest BCUT2D eigenvalue weighted by molar-refractivity contribution is 5.67. The number of hydrogen-bond donors (Lipinski definition) is 1. The number of rotatable bonds is 6. The molecule has 5 nitrogen and oxygen atoms in total. The van der Waals surface area contributed by atoms with E-state index in [1.807, 2.05) is 35.2 Å². The van der Waals surface area contributed by atoms with Crippen molar-refractivity contribution in [1.29, 1.82) is 0 Å². The molecule has 1 amide bonds. The van der Waals surface area contributed by atoms with Gasteiger partial charge in [0.2, 0.25) is 0 Å². The predicted molar refractivity (Wildman–Crippen MR) is 92.1 cm³/mol. The van der Waals surface area contributed by atoms with Crippen LogP contribution in [-0.4, -0.2) is 54.2 Å². The fourth-order valence-electron chi connectivity index (χ4n) is 3.21. The van der Waals surface area contributed by atoms with Gasteiger partial charge in [0.1, 0.15) is 6.61 Å². The van der Waals surface area contributed by atoms with E-state index in [-0.39, 0.29) is 6.09 Å². The minimum absolute atomic E-state index is 0.213. The summed E-state index contributed by atoms with van der Waals surface area (Å²) in [6, 6.07) is 10.6. The van der Waals surface area contributed by atoms with Gasteiger partial charge in [-0.05, 0) is 32.3 Å². The summed E-state index contributed by atoms with van der Waals surface area (Å²) in [5.74, 6) is 0. The predicted octanol–water partition coefficient (Wildman–Crippen LogP) is 2.46. The summed E-state index contributed by atoms with van der Waals surface area (Å²) >= 11 is 0. The molecule has 1 aromatic rings. The summed E-state index contributed by atoms with van der Waals surface area (Å²) in [6.45, 7) is 7.72. The molecule has 0 spiro atoms. The monoisotopic (exact) mass is 319 g/mol. The number of carbonyl (C=O) groups is 1. The zero-order valence-electron chi connectivity index (χ0n) is 14.3. The molecule has 1 atom stereocenters. The lowest BCUT2D eigenvalue weighted by Gasteiger charge is -2.40. The normalized spacial score (nSPS) is 18.5. The second-order valence-electron chi connectivity index (χ2n) is 6.40. The summed E-state index contributed by atoms with van der Waals surface area (Å²) in [5.41, 5.74) is 6.75. The van der Waals surface area contributed by atoms with Crippen LogP contribution in [0.4, 0.5) is 4.79 Å². The Morgan fingerprint density at radius 1 is 1.39 bits per heavy atom. The quantitative estimate of drug-likeness (QED) is 0.875. The Bertz CT molecular complexity index is 478. The van der Waals surface area contributed by atoms with Crippen molar-refractivity contribution in [2.24, 2.45) is 5.73 Å². The van der Waals surface area contributed by atoms with Gasteiger partial charge in [-0.3, -0.25) is 4.90 Å². The molecule has 1 fully saturated rings. The minimum Gasteiger partial charge on any atom is -0.445 e. The van der Waals surface area contributed by atoms with E-state index < -0.39 is 0 Å². The number of hydrogen-bond acceptors (Lipinski definition) is 4. The average molecular weight is 319 g/mol. The fourth-order valence-corrected chi connectivity index (χ4v) is 3.21. The number of ether oxygens (including phenoxy) is 1. The first-order valence-corrected chi connectivity index (χ1v) is 8.53. The van der Waals surface area contributed by atoms with Gasteiger partial charge in [-0.15, -0.1) is 0 Å². The Morgan fingerprint density at radius 2 is 2.13 bits per heavy atom. The van der Waals surface area contributed by atoms with Gasteiger partial charge in [-0.25, -0.2) is 4.79 Å². The zero-order chi connectivity index (χ0) is 16.7. The van der Waals surface area contributed by atoms with Gasteiger partial charge in [-0.1, -0.05) is 30.3 Å². The molecule has 0 aliphatic carbocycles. The molecule has 2 N–H and O–H groups in total. The Morgan fingerprint density at radius 3 is 2.78 bits per heavy atom. The molecular weight excluding hydrogens is 290 g/mol. The fraction of sp³-hybridized carbons (Fsp3) is 0.611. The molecule has 1 aromatic carbocycles. The average Bonchev–Trinajstić information content (AvgIpc) is 2.58. The number of benzene rings is 1. The third-order valence-electron chi connectivity index (χ3n) is 4.38. The zero-order valence-corrected chi connectivity index (χ0v) is 14.3. The maximum absolute atomic E-state index is 12.3. The lowest BCUT2D eigenvalue weighted by molar-refractivity contribution is 0.0520. The van der Waals surface area contributed by atoms with Crippen LogP contribution in [0.3, 0.4) is 0 Å². The maximum atomic E-state index is 12.3. The van der Waals surface area contributed by atoms with Crippen LogP contribution in [-0.2, 0) is 11.3 Å². The Labute approximate surface area is 139 Å². The first-order chi connectivity index (χ1) is 11.1. The second-order valence-corrected chi connectivity index (χ2v) is 6.40. The number of likely N-dealkylation sites (tertiary alicyclic amines) is 1. The van der Waals surface area contributed by atoms with E-state index in [0.29, 0.717) is 25.2 Å². The molecule has 23 heavy (non-hydrogen) atoms. The molecule has 128 valence electrons. The lowest BCUT2D eigenvalue weighted by atomic mass is 10.0. The van der Waals surface area contributed by atoms with Crippen molar-refractivity contribution in [2.75, 3.05) is 26.2 Å². The number of nitrogens with two attached hydrogens (primary N) is 1. The molecule has 2 rings (SSSR count).